The summed E-state index contributed by atoms with van der Waals surface area (Å²) in [5.41, 5.74) is 1.46. The van der Waals surface area contributed by atoms with Crippen LogP contribution < -0.4 is 10.1 Å². The van der Waals surface area contributed by atoms with Gasteiger partial charge in [0.1, 0.15) is 10.1 Å². The van der Waals surface area contributed by atoms with Gasteiger partial charge in [0.15, 0.2) is 6.61 Å². The van der Waals surface area contributed by atoms with Crippen molar-refractivity contribution < 1.29 is 14.3 Å². The van der Waals surface area contributed by atoms with Crippen molar-refractivity contribution in [3.8, 4) is 5.75 Å². The lowest BCUT2D eigenvalue weighted by molar-refractivity contribution is -0.123. The second-order valence-corrected chi connectivity index (χ2v) is 8.67. The highest BCUT2D eigenvalue weighted by Crippen LogP contribution is 2.34. The number of rotatable bonds is 6. The van der Waals surface area contributed by atoms with Crippen LogP contribution in [0.3, 0.4) is 0 Å². The second-order valence-electron chi connectivity index (χ2n) is 6.56. The highest BCUT2D eigenvalue weighted by atomic mass is 35.5. The number of nitrogens with zero attached hydrogens (tertiary/aromatic N) is 1. The summed E-state index contributed by atoms with van der Waals surface area (Å²) in [6.45, 7) is 3.74. The Morgan fingerprint density at radius 3 is 2.62 bits per heavy atom. The number of halogens is 1. The number of ether oxygens (including phenoxy) is 1. The summed E-state index contributed by atoms with van der Waals surface area (Å²) in [5.74, 6) is 0.194. The van der Waals surface area contributed by atoms with Crippen LogP contribution in [0, 0.1) is 0 Å². The smallest absolute Gasteiger partial charge is 0.266 e. The van der Waals surface area contributed by atoms with E-state index in [4.69, 9.17) is 28.6 Å². The van der Waals surface area contributed by atoms with E-state index in [1.165, 1.54) is 11.8 Å². The van der Waals surface area contributed by atoms with Gasteiger partial charge in [0, 0.05) is 16.8 Å². The molecule has 5 nitrogen and oxygen atoms in total. The lowest BCUT2D eigenvalue weighted by Gasteiger charge is -2.18. The number of carbonyl (C=O) groups excluding carboxylic acids is 2. The Morgan fingerprint density at radius 2 is 2.00 bits per heavy atom. The van der Waals surface area contributed by atoms with Crippen molar-refractivity contribution in [1.82, 2.24) is 4.90 Å². The molecule has 0 bridgehead atoms. The fourth-order valence-electron chi connectivity index (χ4n) is 2.65. The van der Waals surface area contributed by atoms with Gasteiger partial charge in [0.05, 0.1) is 4.91 Å². The molecule has 1 heterocycles. The average Bonchev–Trinajstić information content (AvgIpc) is 2.94. The van der Waals surface area contributed by atoms with Gasteiger partial charge in [-0.3, -0.25) is 14.5 Å². The summed E-state index contributed by atoms with van der Waals surface area (Å²) in [6.07, 6.45) is 1.80. The highest BCUT2D eigenvalue weighted by Gasteiger charge is 2.33. The van der Waals surface area contributed by atoms with Gasteiger partial charge in [-0.2, -0.15) is 0 Å². The number of anilines is 1. The van der Waals surface area contributed by atoms with Gasteiger partial charge in [-0.1, -0.05) is 53.8 Å². The van der Waals surface area contributed by atoms with Crippen LogP contribution in [0.25, 0.3) is 6.08 Å². The van der Waals surface area contributed by atoms with Gasteiger partial charge < -0.3 is 10.1 Å². The molecule has 2 aromatic carbocycles. The third-order valence-corrected chi connectivity index (χ3v) is 5.56. The predicted molar refractivity (Wildman–Crippen MR) is 122 cm³/mol. The van der Waals surface area contributed by atoms with E-state index < -0.39 is 0 Å². The largest absolute Gasteiger partial charge is 0.484 e. The van der Waals surface area contributed by atoms with Crippen molar-refractivity contribution in [2.75, 3.05) is 11.9 Å². The Labute approximate surface area is 184 Å². The molecule has 0 radical (unpaired) electrons. The molecule has 0 spiro atoms. The molecule has 1 saturated heterocycles. The maximum absolute atomic E-state index is 12.4. The molecule has 150 valence electrons. The van der Waals surface area contributed by atoms with Crippen LogP contribution in [0.4, 0.5) is 5.69 Å². The van der Waals surface area contributed by atoms with Gasteiger partial charge in [-0.25, -0.2) is 0 Å². The number of benzene rings is 2. The highest BCUT2D eigenvalue weighted by molar-refractivity contribution is 8.26. The summed E-state index contributed by atoms with van der Waals surface area (Å²) >= 11 is 12.5. The van der Waals surface area contributed by atoms with Crippen molar-refractivity contribution >= 4 is 63.5 Å². The number of thiocarbonyl (C=S) groups is 1. The third-order valence-electron chi connectivity index (χ3n) is 4.00. The van der Waals surface area contributed by atoms with Crippen molar-refractivity contribution in [2.45, 2.75) is 19.9 Å². The predicted octanol–water partition coefficient (Wildman–Crippen LogP) is 4.97. The molecular formula is C21H19ClN2O3S2. The first-order chi connectivity index (χ1) is 13.8. The van der Waals surface area contributed by atoms with E-state index in [9.17, 15) is 9.59 Å². The van der Waals surface area contributed by atoms with Crippen LogP contribution in [0.15, 0.2) is 53.4 Å². The molecule has 0 unspecified atom stereocenters. The van der Waals surface area contributed by atoms with E-state index in [0.29, 0.717) is 25.7 Å². The Morgan fingerprint density at radius 1 is 1.28 bits per heavy atom. The number of amides is 2. The van der Waals surface area contributed by atoms with Crippen molar-refractivity contribution in [3.05, 3.63) is 64.0 Å². The Kier molecular flexibility index (Phi) is 6.95. The average molecular weight is 447 g/mol. The molecule has 1 aliphatic heterocycles. The standard InChI is InChI=1S/C21H19ClN2O3S2/c1-13(2)24-20(26)18(29-21(24)28)10-14-6-8-17(9-7-14)27-12-19(25)23-16-5-3-4-15(22)11-16/h3-11,13H,12H2,1-2H3,(H,23,25)/b18-10-. The molecule has 0 aliphatic carbocycles. The molecular weight excluding hydrogens is 428 g/mol. The zero-order valence-electron chi connectivity index (χ0n) is 15.8. The van der Waals surface area contributed by atoms with Gasteiger partial charge >= 0.3 is 0 Å². The van der Waals surface area contributed by atoms with Crippen LogP contribution in [-0.2, 0) is 9.59 Å². The second kappa shape index (κ2) is 9.43. The SMILES string of the molecule is CC(C)N1C(=O)/C(=C/c2ccc(OCC(=O)Nc3cccc(Cl)c3)cc2)SC1=S. The lowest BCUT2D eigenvalue weighted by atomic mass is 10.2. The number of thioether (sulfide) groups is 1. The summed E-state index contributed by atoms with van der Waals surface area (Å²) in [4.78, 5) is 26.7. The third kappa shape index (κ3) is 5.59. The fourth-order valence-corrected chi connectivity index (χ4v) is 4.36. The topological polar surface area (TPSA) is 58.6 Å². The molecule has 3 rings (SSSR count). The van der Waals surface area contributed by atoms with Gasteiger partial charge in [-0.05, 0) is 55.8 Å². The lowest BCUT2D eigenvalue weighted by Crippen LogP contribution is -2.34. The molecule has 1 aliphatic rings. The maximum Gasteiger partial charge on any atom is 0.266 e. The summed E-state index contributed by atoms with van der Waals surface area (Å²) < 4.78 is 6.09. The molecule has 0 atom stereocenters. The molecule has 0 saturated carbocycles. The number of carbonyl (C=O) groups is 2. The van der Waals surface area contributed by atoms with Gasteiger partial charge in [0.2, 0.25) is 0 Å². The first-order valence-electron chi connectivity index (χ1n) is 8.89. The zero-order valence-corrected chi connectivity index (χ0v) is 18.2. The van der Waals surface area contributed by atoms with E-state index in [-0.39, 0.29) is 24.5 Å². The van der Waals surface area contributed by atoms with Crippen molar-refractivity contribution in [3.63, 3.8) is 0 Å². The number of hydrogen-bond acceptors (Lipinski definition) is 5. The molecule has 1 fully saturated rings. The van der Waals surface area contributed by atoms with Crippen molar-refractivity contribution in [2.24, 2.45) is 0 Å². The van der Waals surface area contributed by atoms with E-state index in [1.807, 2.05) is 26.0 Å². The van der Waals surface area contributed by atoms with Crippen LogP contribution in [0.1, 0.15) is 19.4 Å². The molecule has 8 heteroatoms. The molecule has 2 aromatic rings. The Balaban J connectivity index is 1.57. The zero-order chi connectivity index (χ0) is 21.0. The maximum atomic E-state index is 12.4. The van der Waals surface area contributed by atoms with Crippen molar-refractivity contribution in [1.29, 1.82) is 0 Å². The van der Waals surface area contributed by atoms with Gasteiger partial charge in [-0.15, -0.1) is 0 Å². The van der Waals surface area contributed by atoms with E-state index in [2.05, 4.69) is 5.32 Å². The van der Waals surface area contributed by atoms with Gasteiger partial charge in [0.25, 0.3) is 11.8 Å². The fraction of sp³-hybridized carbons (Fsp3) is 0.190. The molecule has 1 N–H and O–H groups in total. The first kappa shape index (κ1) is 21.4. The summed E-state index contributed by atoms with van der Waals surface area (Å²) in [6, 6.07) is 14.1. The molecule has 0 aromatic heterocycles. The minimum Gasteiger partial charge on any atom is -0.484 e. The van der Waals surface area contributed by atoms with Crippen LogP contribution in [0.5, 0.6) is 5.75 Å². The number of hydrogen-bond donors (Lipinski definition) is 1. The quantitative estimate of drug-likeness (QED) is 0.501. The normalized spacial score (nSPS) is 15.3. The van der Waals surface area contributed by atoms with Crippen LogP contribution in [0.2, 0.25) is 5.02 Å². The summed E-state index contributed by atoms with van der Waals surface area (Å²) in [5, 5.41) is 3.27. The van der Waals surface area contributed by atoms with E-state index in [1.54, 1.807) is 47.4 Å². The molecule has 29 heavy (non-hydrogen) atoms. The number of nitrogens with one attached hydrogen (secondary N) is 1. The van der Waals surface area contributed by atoms with E-state index >= 15 is 0 Å². The van der Waals surface area contributed by atoms with Crippen LogP contribution in [-0.4, -0.2) is 33.7 Å². The Bertz CT molecular complexity index is 974. The monoisotopic (exact) mass is 446 g/mol. The minimum atomic E-state index is -0.284. The Hall–Kier alpha value is -2.35. The summed E-state index contributed by atoms with van der Waals surface area (Å²) in [7, 11) is 0. The minimum absolute atomic E-state index is 0.0298. The van der Waals surface area contributed by atoms with Crippen LogP contribution >= 0.6 is 35.6 Å². The molecule has 2 amide bonds. The van der Waals surface area contributed by atoms with E-state index in [0.717, 1.165) is 5.56 Å². The first-order valence-corrected chi connectivity index (χ1v) is 10.5.